The third-order valence-electron chi connectivity index (χ3n) is 3.51. The van der Waals surface area contributed by atoms with Crippen LogP contribution in [-0.4, -0.2) is 23.6 Å². The van der Waals surface area contributed by atoms with Gasteiger partial charge in [0.05, 0.1) is 11.8 Å². The second-order valence-electron chi connectivity index (χ2n) is 4.95. The summed E-state index contributed by atoms with van der Waals surface area (Å²) in [5, 5.41) is 20.3. The van der Waals surface area contributed by atoms with Gasteiger partial charge in [-0.05, 0) is 37.1 Å². The molecule has 2 rings (SSSR count). The number of amides is 1. The molecule has 1 aromatic carbocycles. The zero-order valence-electron chi connectivity index (χ0n) is 11.9. The molecule has 6 heteroatoms. The first kappa shape index (κ1) is 15.6. The first-order valence-corrected chi connectivity index (χ1v) is 6.90. The van der Waals surface area contributed by atoms with Crippen molar-refractivity contribution in [1.29, 1.82) is 5.26 Å². The minimum atomic E-state index is -0.954. The van der Waals surface area contributed by atoms with Crippen molar-refractivity contribution in [2.75, 3.05) is 11.9 Å². The molecule has 0 radical (unpaired) electrons. The van der Waals surface area contributed by atoms with E-state index in [0.717, 1.165) is 0 Å². The van der Waals surface area contributed by atoms with Crippen LogP contribution in [0.15, 0.2) is 36.4 Å². The average molecular weight is 300 g/mol. The molecular formula is C16H16N2O4. The Kier molecular flexibility index (Phi) is 5.15. The van der Waals surface area contributed by atoms with Gasteiger partial charge in [0.15, 0.2) is 6.61 Å². The number of nitriles is 1. The zero-order valence-corrected chi connectivity index (χ0v) is 11.9. The van der Waals surface area contributed by atoms with E-state index >= 15 is 0 Å². The Balaban J connectivity index is 2.00. The van der Waals surface area contributed by atoms with Crippen LogP contribution in [0.3, 0.4) is 0 Å². The molecular weight excluding hydrogens is 284 g/mol. The molecule has 22 heavy (non-hydrogen) atoms. The summed E-state index contributed by atoms with van der Waals surface area (Å²) in [5.41, 5.74) is 0.563. The van der Waals surface area contributed by atoms with Crippen molar-refractivity contribution in [2.45, 2.75) is 12.8 Å². The molecule has 0 saturated carbocycles. The van der Waals surface area contributed by atoms with E-state index in [1.54, 1.807) is 30.3 Å². The van der Waals surface area contributed by atoms with Crippen molar-refractivity contribution in [2.24, 2.45) is 11.8 Å². The van der Waals surface area contributed by atoms with E-state index in [9.17, 15) is 14.7 Å². The van der Waals surface area contributed by atoms with Crippen LogP contribution < -0.4 is 10.1 Å². The fourth-order valence-corrected chi connectivity index (χ4v) is 2.36. The van der Waals surface area contributed by atoms with E-state index in [-0.39, 0.29) is 12.5 Å². The van der Waals surface area contributed by atoms with Crippen LogP contribution in [0, 0.1) is 23.2 Å². The summed E-state index contributed by atoms with van der Waals surface area (Å²) in [5.74, 6) is -1.99. The first-order chi connectivity index (χ1) is 10.6. The number of carbonyl (C=O) groups is 2. The molecule has 2 N–H and O–H groups in total. The highest BCUT2D eigenvalue weighted by atomic mass is 16.5. The topological polar surface area (TPSA) is 99.4 Å². The van der Waals surface area contributed by atoms with Crippen LogP contribution in [-0.2, 0) is 9.59 Å². The molecule has 114 valence electrons. The molecule has 0 heterocycles. The zero-order chi connectivity index (χ0) is 15.9. The summed E-state index contributed by atoms with van der Waals surface area (Å²) in [6, 6.07) is 8.45. The lowest BCUT2D eigenvalue weighted by Crippen LogP contribution is -2.34. The van der Waals surface area contributed by atoms with Gasteiger partial charge in [-0.25, -0.2) is 0 Å². The predicted octanol–water partition coefficient (Wildman–Crippen LogP) is 2.19. The van der Waals surface area contributed by atoms with Crippen molar-refractivity contribution in [3.8, 4) is 11.8 Å². The number of hydrogen-bond donors (Lipinski definition) is 2. The highest BCUT2D eigenvalue weighted by Gasteiger charge is 2.33. The second kappa shape index (κ2) is 7.27. The maximum atomic E-state index is 12.3. The minimum Gasteiger partial charge on any atom is -0.481 e. The van der Waals surface area contributed by atoms with Gasteiger partial charge in [0, 0.05) is 5.69 Å². The van der Waals surface area contributed by atoms with E-state index in [2.05, 4.69) is 5.32 Å². The predicted molar refractivity (Wildman–Crippen MR) is 79.2 cm³/mol. The van der Waals surface area contributed by atoms with Crippen molar-refractivity contribution in [3.63, 3.8) is 0 Å². The van der Waals surface area contributed by atoms with Crippen LogP contribution >= 0.6 is 0 Å². The van der Waals surface area contributed by atoms with Gasteiger partial charge in [0.2, 0.25) is 5.91 Å². The molecule has 6 nitrogen and oxygen atoms in total. The lowest BCUT2D eigenvalue weighted by Gasteiger charge is -2.24. The van der Waals surface area contributed by atoms with Crippen LogP contribution in [0.4, 0.5) is 5.69 Å². The maximum absolute atomic E-state index is 12.3. The Morgan fingerprint density at radius 3 is 2.45 bits per heavy atom. The summed E-state index contributed by atoms with van der Waals surface area (Å²) >= 11 is 0. The van der Waals surface area contributed by atoms with Crippen molar-refractivity contribution >= 4 is 17.6 Å². The third kappa shape index (κ3) is 3.85. The average Bonchev–Trinajstić information content (AvgIpc) is 2.54. The molecule has 1 aliphatic rings. The van der Waals surface area contributed by atoms with Crippen LogP contribution in [0.5, 0.6) is 5.75 Å². The SMILES string of the molecule is N#CCOc1ccc(NC(=O)C2CC=CCC2C(=O)O)cc1. The number of anilines is 1. The standard InChI is InChI=1S/C16H16N2O4/c17-9-10-22-12-7-5-11(6-8-12)18-15(19)13-3-1-2-4-14(13)16(20)21/h1-2,5-8,13-14H,3-4,10H2,(H,18,19)(H,20,21). The number of aliphatic carboxylic acids is 1. The van der Waals surface area contributed by atoms with Gasteiger partial charge in [-0.15, -0.1) is 0 Å². The Labute approximate surface area is 128 Å². The largest absolute Gasteiger partial charge is 0.481 e. The molecule has 1 aromatic rings. The van der Waals surface area contributed by atoms with Crippen molar-refractivity contribution < 1.29 is 19.4 Å². The lowest BCUT2D eigenvalue weighted by molar-refractivity contribution is -0.146. The molecule has 0 aromatic heterocycles. The summed E-state index contributed by atoms with van der Waals surface area (Å²) in [6.45, 7) is -0.0413. The van der Waals surface area contributed by atoms with Crippen molar-refractivity contribution in [1.82, 2.24) is 0 Å². The molecule has 2 atom stereocenters. The fraction of sp³-hybridized carbons (Fsp3) is 0.312. The number of carboxylic acid groups (broad SMARTS) is 1. The number of nitrogens with one attached hydrogen (secondary N) is 1. The Bertz CT molecular complexity index is 616. The lowest BCUT2D eigenvalue weighted by atomic mass is 9.82. The Morgan fingerprint density at radius 2 is 1.86 bits per heavy atom. The van der Waals surface area contributed by atoms with E-state index in [0.29, 0.717) is 24.3 Å². The fourth-order valence-electron chi connectivity index (χ4n) is 2.36. The van der Waals surface area contributed by atoms with Gasteiger partial charge >= 0.3 is 5.97 Å². The maximum Gasteiger partial charge on any atom is 0.307 e. The number of allylic oxidation sites excluding steroid dienone is 2. The molecule has 2 unspecified atom stereocenters. The summed E-state index contributed by atoms with van der Waals surface area (Å²) < 4.78 is 5.12. The van der Waals surface area contributed by atoms with Crippen molar-refractivity contribution in [3.05, 3.63) is 36.4 Å². The van der Waals surface area contributed by atoms with Gasteiger partial charge < -0.3 is 15.2 Å². The Hall–Kier alpha value is -2.81. The van der Waals surface area contributed by atoms with E-state index in [1.165, 1.54) is 0 Å². The number of benzene rings is 1. The molecule has 0 aliphatic heterocycles. The van der Waals surface area contributed by atoms with E-state index in [4.69, 9.17) is 10.00 Å². The third-order valence-corrected chi connectivity index (χ3v) is 3.51. The summed E-state index contributed by atoms with van der Waals surface area (Å²) in [4.78, 5) is 23.5. The van der Waals surface area contributed by atoms with E-state index in [1.807, 2.05) is 12.1 Å². The molecule has 0 spiro atoms. The summed E-state index contributed by atoms with van der Waals surface area (Å²) in [7, 11) is 0. The van der Waals surface area contributed by atoms with E-state index < -0.39 is 17.8 Å². The van der Waals surface area contributed by atoms with Gasteiger partial charge in [-0.1, -0.05) is 12.2 Å². The molecule has 0 bridgehead atoms. The van der Waals surface area contributed by atoms with Gasteiger partial charge in [0.1, 0.15) is 11.8 Å². The van der Waals surface area contributed by atoms with Gasteiger partial charge in [0.25, 0.3) is 0 Å². The molecule has 0 fully saturated rings. The van der Waals surface area contributed by atoms with Gasteiger partial charge in [-0.3, -0.25) is 9.59 Å². The van der Waals surface area contributed by atoms with Crippen LogP contribution in [0.1, 0.15) is 12.8 Å². The number of ether oxygens (including phenoxy) is 1. The second-order valence-corrected chi connectivity index (χ2v) is 4.95. The number of carbonyl (C=O) groups excluding carboxylic acids is 1. The highest BCUT2D eigenvalue weighted by molar-refractivity contribution is 5.95. The van der Waals surface area contributed by atoms with Crippen LogP contribution in [0.25, 0.3) is 0 Å². The quantitative estimate of drug-likeness (QED) is 0.812. The monoisotopic (exact) mass is 300 g/mol. The summed E-state index contributed by atoms with van der Waals surface area (Å²) in [6.07, 6.45) is 4.42. The molecule has 0 saturated heterocycles. The van der Waals surface area contributed by atoms with Gasteiger partial charge in [-0.2, -0.15) is 5.26 Å². The molecule has 1 aliphatic carbocycles. The number of carboxylic acids is 1. The first-order valence-electron chi connectivity index (χ1n) is 6.90. The number of rotatable bonds is 5. The minimum absolute atomic E-state index is 0.0413. The Morgan fingerprint density at radius 1 is 1.23 bits per heavy atom. The highest BCUT2D eigenvalue weighted by Crippen LogP contribution is 2.27. The smallest absolute Gasteiger partial charge is 0.307 e. The number of hydrogen-bond acceptors (Lipinski definition) is 4. The molecule has 1 amide bonds. The normalized spacial score (nSPS) is 20.0. The number of nitrogens with zero attached hydrogens (tertiary/aromatic N) is 1. The van der Waals surface area contributed by atoms with Crippen LogP contribution in [0.2, 0.25) is 0 Å².